The summed E-state index contributed by atoms with van der Waals surface area (Å²) in [5, 5.41) is 2.90. The summed E-state index contributed by atoms with van der Waals surface area (Å²) in [5.74, 6) is 0.530. The van der Waals surface area contributed by atoms with E-state index in [9.17, 15) is 13.2 Å². The molecule has 0 saturated carbocycles. The Hall–Kier alpha value is -2.58. The topological polar surface area (TPSA) is 84.9 Å². The van der Waals surface area contributed by atoms with Gasteiger partial charge in [-0.3, -0.25) is 4.79 Å². The van der Waals surface area contributed by atoms with E-state index in [1.54, 1.807) is 13.2 Å². The van der Waals surface area contributed by atoms with Gasteiger partial charge in [0.2, 0.25) is 10.0 Å². The number of hydrogen-bond acceptors (Lipinski definition) is 5. The Balaban J connectivity index is 1.88. The molecular formula is C21H26N2O5S. The van der Waals surface area contributed by atoms with Gasteiger partial charge in [-0.25, -0.2) is 8.42 Å². The van der Waals surface area contributed by atoms with Gasteiger partial charge >= 0.3 is 0 Å². The van der Waals surface area contributed by atoms with E-state index < -0.39 is 10.0 Å². The van der Waals surface area contributed by atoms with Gasteiger partial charge in [0.1, 0.15) is 16.4 Å². The molecule has 7 nitrogen and oxygen atoms in total. The number of rotatable bonds is 7. The quantitative estimate of drug-likeness (QED) is 0.747. The van der Waals surface area contributed by atoms with E-state index in [1.165, 1.54) is 23.5 Å². The van der Waals surface area contributed by atoms with Crippen molar-refractivity contribution in [1.82, 2.24) is 9.62 Å². The van der Waals surface area contributed by atoms with Crippen LogP contribution in [0.3, 0.4) is 0 Å². The first-order valence-corrected chi connectivity index (χ1v) is 10.9. The molecule has 1 amide bonds. The average Bonchev–Trinajstić information content (AvgIpc) is 3.29. The van der Waals surface area contributed by atoms with Gasteiger partial charge in [0.25, 0.3) is 5.91 Å². The lowest BCUT2D eigenvalue weighted by atomic mass is 10.1. The van der Waals surface area contributed by atoms with Gasteiger partial charge in [-0.1, -0.05) is 18.2 Å². The molecule has 1 atom stereocenters. The van der Waals surface area contributed by atoms with Gasteiger partial charge in [-0.05, 0) is 44.0 Å². The first kappa shape index (κ1) is 21.1. The molecule has 0 aliphatic carbocycles. The van der Waals surface area contributed by atoms with Crippen molar-refractivity contribution in [2.75, 3.05) is 27.3 Å². The third-order valence-electron chi connectivity index (χ3n) is 5.06. The summed E-state index contributed by atoms with van der Waals surface area (Å²) >= 11 is 0. The summed E-state index contributed by atoms with van der Waals surface area (Å²) < 4.78 is 38.1. The molecule has 0 bridgehead atoms. The largest absolute Gasteiger partial charge is 0.496 e. The number of nitrogens with zero attached hydrogens (tertiary/aromatic N) is 1. The van der Waals surface area contributed by atoms with E-state index in [0.717, 1.165) is 18.4 Å². The Morgan fingerprint density at radius 2 is 1.69 bits per heavy atom. The SMILES string of the molecule is COc1ccccc1[C@@H](C)NC(=O)c1ccc(OC)c(S(=O)(=O)N2CCCC2)c1. The Morgan fingerprint density at radius 3 is 2.34 bits per heavy atom. The van der Waals surface area contributed by atoms with Crippen LogP contribution in [0.25, 0.3) is 0 Å². The molecule has 0 radical (unpaired) electrons. The maximum Gasteiger partial charge on any atom is 0.251 e. The highest BCUT2D eigenvalue weighted by Gasteiger charge is 2.30. The second-order valence-corrected chi connectivity index (χ2v) is 8.82. The Bertz CT molecular complexity index is 984. The fourth-order valence-electron chi connectivity index (χ4n) is 3.47. The van der Waals surface area contributed by atoms with Crippen molar-refractivity contribution in [2.45, 2.75) is 30.7 Å². The second kappa shape index (κ2) is 8.84. The molecule has 1 aliphatic rings. The summed E-state index contributed by atoms with van der Waals surface area (Å²) in [6, 6.07) is 11.6. The highest BCUT2D eigenvalue weighted by molar-refractivity contribution is 7.89. The number of carbonyl (C=O) groups is 1. The number of ether oxygens (including phenoxy) is 2. The molecule has 29 heavy (non-hydrogen) atoms. The van der Waals surface area contributed by atoms with Crippen LogP contribution in [-0.4, -0.2) is 45.9 Å². The number of nitrogens with one attached hydrogen (secondary N) is 1. The summed E-state index contributed by atoms with van der Waals surface area (Å²) in [4.78, 5) is 12.8. The molecule has 1 fully saturated rings. The van der Waals surface area contributed by atoms with Gasteiger partial charge in [-0.15, -0.1) is 0 Å². The predicted octanol–water partition coefficient (Wildman–Crippen LogP) is 2.98. The molecule has 1 saturated heterocycles. The molecule has 1 heterocycles. The van der Waals surface area contributed by atoms with E-state index in [1.807, 2.05) is 31.2 Å². The van der Waals surface area contributed by atoms with Crippen LogP contribution in [0.4, 0.5) is 0 Å². The van der Waals surface area contributed by atoms with Crippen LogP contribution in [0.5, 0.6) is 11.5 Å². The molecule has 0 aromatic heterocycles. The third kappa shape index (κ3) is 4.38. The molecule has 2 aromatic carbocycles. The van der Waals surface area contributed by atoms with E-state index in [0.29, 0.717) is 18.8 Å². The number of amides is 1. The fourth-order valence-corrected chi connectivity index (χ4v) is 5.17. The first-order valence-electron chi connectivity index (χ1n) is 9.50. The van der Waals surface area contributed by atoms with Crippen molar-refractivity contribution in [1.29, 1.82) is 0 Å². The number of methoxy groups -OCH3 is 2. The van der Waals surface area contributed by atoms with Crippen LogP contribution in [0.1, 0.15) is 41.7 Å². The van der Waals surface area contributed by atoms with Gasteiger partial charge in [-0.2, -0.15) is 4.31 Å². The zero-order valence-electron chi connectivity index (χ0n) is 16.8. The molecule has 8 heteroatoms. The van der Waals surface area contributed by atoms with Gasteiger partial charge in [0, 0.05) is 24.2 Å². The first-order chi connectivity index (χ1) is 13.9. The van der Waals surface area contributed by atoms with Crippen LogP contribution in [0.15, 0.2) is 47.4 Å². The van der Waals surface area contributed by atoms with Crippen LogP contribution in [-0.2, 0) is 10.0 Å². The maximum atomic E-state index is 13.0. The summed E-state index contributed by atoms with van der Waals surface area (Å²) in [6.07, 6.45) is 1.66. The van der Waals surface area contributed by atoms with Crippen molar-refractivity contribution in [3.8, 4) is 11.5 Å². The highest BCUT2D eigenvalue weighted by atomic mass is 32.2. The second-order valence-electron chi connectivity index (χ2n) is 6.91. The van der Waals surface area contributed by atoms with Crippen molar-refractivity contribution in [3.05, 3.63) is 53.6 Å². The molecule has 0 spiro atoms. The number of benzene rings is 2. The number of sulfonamides is 1. The van der Waals surface area contributed by atoms with Gasteiger partial charge < -0.3 is 14.8 Å². The maximum absolute atomic E-state index is 13.0. The van der Waals surface area contributed by atoms with Crippen LogP contribution >= 0.6 is 0 Å². The van der Waals surface area contributed by atoms with Gasteiger partial charge in [0.15, 0.2) is 0 Å². The van der Waals surface area contributed by atoms with Crippen LogP contribution in [0, 0.1) is 0 Å². The monoisotopic (exact) mass is 418 g/mol. The Kier molecular flexibility index (Phi) is 6.44. The Morgan fingerprint density at radius 1 is 1.03 bits per heavy atom. The molecule has 1 N–H and O–H groups in total. The van der Waals surface area contributed by atoms with Crippen molar-refractivity contribution in [2.24, 2.45) is 0 Å². The molecule has 156 valence electrons. The highest BCUT2D eigenvalue weighted by Crippen LogP contribution is 2.30. The minimum absolute atomic E-state index is 0.0134. The van der Waals surface area contributed by atoms with E-state index >= 15 is 0 Å². The van der Waals surface area contributed by atoms with Crippen LogP contribution < -0.4 is 14.8 Å². The van der Waals surface area contributed by atoms with E-state index in [-0.39, 0.29) is 28.2 Å². The van der Waals surface area contributed by atoms with Gasteiger partial charge in [0.05, 0.1) is 20.3 Å². The normalized spacial score (nSPS) is 15.7. The summed E-state index contributed by atoms with van der Waals surface area (Å²) in [5.41, 5.74) is 1.09. The standard InChI is InChI=1S/C21H26N2O5S/c1-15(17-8-4-5-9-18(17)27-2)22-21(24)16-10-11-19(28-3)20(14-16)29(25,26)23-12-6-7-13-23/h4-5,8-11,14-15H,6-7,12-13H2,1-3H3,(H,22,24)/t15-/m1/s1. The van der Waals surface area contributed by atoms with Crippen molar-refractivity contribution >= 4 is 15.9 Å². The smallest absolute Gasteiger partial charge is 0.251 e. The predicted molar refractivity (Wildman–Crippen MR) is 110 cm³/mol. The third-order valence-corrected chi connectivity index (χ3v) is 6.98. The summed E-state index contributed by atoms with van der Waals surface area (Å²) in [6.45, 7) is 2.81. The minimum atomic E-state index is -3.72. The molecular weight excluding hydrogens is 392 g/mol. The molecule has 2 aromatic rings. The van der Waals surface area contributed by atoms with Crippen LogP contribution in [0.2, 0.25) is 0 Å². The molecule has 1 aliphatic heterocycles. The Labute approximate surface area is 171 Å². The lowest BCUT2D eigenvalue weighted by molar-refractivity contribution is 0.0939. The lowest BCUT2D eigenvalue weighted by Crippen LogP contribution is -2.29. The van der Waals surface area contributed by atoms with E-state index in [2.05, 4.69) is 5.32 Å². The lowest BCUT2D eigenvalue weighted by Gasteiger charge is -2.19. The minimum Gasteiger partial charge on any atom is -0.496 e. The number of carbonyl (C=O) groups excluding carboxylic acids is 1. The number of hydrogen-bond donors (Lipinski definition) is 1. The zero-order chi connectivity index (χ0) is 21.0. The van der Waals surface area contributed by atoms with Crippen molar-refractivity contribution in [3.63, 3.8) is 0 Å². The fraction of sp³-hybridized carbons (Fsp3) is 0.381. The zero-order valence-corrected chi connectivity index (χ0v) is 17.7. The van der Waals surface area contributed by atoms with E-state index in [4.69, 9.17) is 9.47 Å². The molecule has 3 rings (SSSR count). The van der Waals surface area contributed by atoms with Crippen molar-refractivity contribution < 1.29 is 22.7 Å². The average molecular weight is 419 g/mol. The molecule has 0 unspecified atom stereocenters. The summed E-state index contributed by atoms with van der Waals surface area (Å²) in [7, 11) is -0.726. The number of para-hydroxylation sites is 1.